The Kier molecular flexibility index (Phi) is 4.44. The number of hydrogen-bond acceptors (Lipinski definition) is 4. The van der Waals surface area contributed by atoms with E-state index >= 15 is 0 Å². The van der Waals surface area contributed by atoms with Crippen LogP contribution in [0.5, 0.6) is 0 Å². The van der Waals surface area contributed by atoms with Crippen molar-refractivity contribution in [3.05, 3.63) is 0 Å². The van der Waals surface area contributed by atoms with Gasteiger partial charge in [-0.25, -0.2) is 8.42 Å². The lowest BCUT2D eigenvalue weighted by atomic mass is 9.89. The molecule has 1 N–H and O–H groups in total. The summed E-state index contributed by atoms with van der Waals surface area (Å²) in [6, 6.07) is 0. The molecule has 120 valence electrons. The summed E-state index contributed by atoms with van der Waals surface area (Å²) in [5.41, 5.74) is -1.21. The first-order valence-electron chi connectivity index (χ1n) is 7.21. The second kappa shape index (κ2) is 4.96. The lowest BCUT2D eigenvalue weighted by Gasteiger charge is -2.37. The Morgan fingerprint density at radius 2 is 1.45 bits per heavy atom. The largest absolute Gasteiger partial charge is 0.388 e. The summed E-state index contributed by atoms with van der Waals surface area (Å²) >= 11 is 0. The van der Waals surface area contributed by atoms with Crippen LogP contribution in [0.2, 0.25) is 0 Å². The predicted molar refractivity (Wildman–Crippen MR) is 81.5 cm³/mol. The van der Waals surface area contributed by atoms with E-state index in [1.54, 1.807) is 27.7 Å². The van der Waals surface area contributed by atoms with Gasteiger partial charge in [-0.2, -0.15) is 0 Å². The Labute approximate surface area is 123 Å². The van der Waals surface area contributed by atoms with Crippen molar-refractivity contribution in [3.63, 3.8) is 0 Å². The van der Waals surface area contributed by atoms with Crippen LogP contribution in [0.3, 0.4) is 0 Å². The van der Waals surface area contributed by atoms with Crippen LogP contribution < -0.4 is 0 Å². The highest BCUT2D eigenvalue weighted by Crippen LogP contribution is 2.58. The molecule has 1 fully saturated rings. The van der Waals surface area contributed by atoms with E-state index in [2.05, 4.69) is 0 Å². The van der Waals surface area contributed by atoms with Crippen molar-refractivity contribution < 1.29 is 18.3 Å². The molecule has 0 spiro atoms. The van der Waals surface area contributed by atoms with Crippen LogP contribution in [0.1, 0.15) is 61.3 Å². The van der Waals surface area contributed by atoms with E-state index in [9.17, 15) is 13.5 Å². The first-order chi connectivity index (χ1) is 8.66. The molecule has 1 aliphatic rings. The van der Waals surface area contributed by atoms with Gasteiger partial charge >= 0.3 is 0 Å². The molecule has 1 rings (SSSR count). The van der Waals surface area contributed by atoms with Gasteiger partial charge in [0.1, 0.15) is 0 Å². The van der Waals surface area contributed by atoms with Crippen molar-refractivity contribution in [1.29, 1.82) is 0 Å². The van der Waals surface area contributed by atoms with Crippen molar-refractivity contribution in [1.82, 2.24) is 0 Å². The second-order valence-corrected chi connectivity index (χ2v) is 11.2. The van der Waals surface area contributed by atoms with Crippen molar-refractivity contribution in [3.8, 4) is 0 Å². The predicted octanol–water partition coefficient (Wildman–Crippen LogP) is 2.55. The molecule has 0 aromatic rings. The molecule has 5 heteroatoms. The molecule has 0 radical (unpaired) electrons. The van der Waals surface area contributed by atoms with Crippen molar-refractivity contribution in [2.45, 2.75) is 76.4 Å². The molecule has 1 aliphatic carbocycles. The van der Waals surface area contributed by atoms with E-state index in [1.165, 1.54) is 0 Å². The number of ether oxygens (including phenoxy) is 1. The summed E-state index contributed by atoms with van der Waals surface area (Å²) < 4.78 is 29.9. The van der Waals surface area contributed by atoms with Crippen molar-refractivity contribution >= 4 is 9.84 Å². The zero-order valence-corrected chi connectivity index (χ0v) is 14.7. The Balaban J connectivity index is 2.87. The Morgan fingerprint density at radius 3 is 1.75 bits per heavy atom. The monoisotopic (exact) mass is 306 g/mol. The van der Waals surface area contributed by atoms with Gasteiger partial charge in [-0.05, 0) is 46.0 Å². The van der Waals surface area contributed by atoms with Gasteiger partial charge in [0, 0.05) is 0 Å². The first kappa shape index (κ1) is 17.9. The molecule has 0 bridgehead atoms. The minimum absolute atomic E-state index is 0.108. The molecular weight excluding hydrogens is 276 g/mol. The Bertz CT molecular complexity index is 445. The average Bonchev–Trinajstić information content (AvgIpc) is 2.93. The van der Waals surface area contributed by atoms with Gasteiger partial charge in [0.05, 0.1) is 28.3 Å². The number of aliphatic hydroxyl groups is 1. The smallest absolute Gasteiger partial charge is 0.163 e. The molecule has 0 aromatic heterocycles. The van der Waals surface area contributed by atoms with Crippen LogP contribution in [0.25, 0.3) is 0 Å². The van der Waals surface area contributed by atoms with E-state index in [0.29, 0.717) is 0 Å². The van der Waals surface area contributed by atoms with Gasteiger partial charge < -0.3 is 9.84 Å². The summed E-state index contributed by atoms with van der Waals surface area (Å²) in [6.07, 6.45) is 1.46. The van der Waals surface area contributed by atoms with E-state index in [4.69, 9.17) is 4.74 Å². The lowest BCUT2D eigenvalue weighted by Crippen LogP contribution is -2.50. The summed E-state index contributed by atoms with van der Waals surface area (Å²) in [7, 11) is -3.31. The maximum Gasteiger partial charge on any atom is 0.163 e. The van der Waals surface area contributed by atoms with Gasteiger partial charge in [-0.3, -0.25) is 0 Å². The van der Waals surface area contributed by atoms with Gasteiger partial charge in [-0.15, -0.1) is 0 Å². The quantitative estimate of drug-likeness (QED) is 0.819. The van der Waals surface area contributed by atoms with E-state index in [-0.39, 0.29) is 18.6 Å². The Hall–Kier alpha value is -0.130. The van der Waals surface area contributed by atoms with Crippen LogP contribution in [0.15, 0.2) is 0 Å². The summed E-state index contributed by atoms with van der Waals surface area (Å²) in [6.45, 7) is 12.9. The third-order valence-corrected chi connectivity index (χ3v) is 7.84. The van der Waals surface area contributed by atoms with Gasteiger partial charge in [0.2, 0.25) is 0 Å². The van der Waals surface area contributed by atoms with E-state index < -0.39 is 24.9 Å². The highest BCUT2D eigenvalue weighted by molar-refractivity contribution is 7.94. The molecular formula is C15H30O4S. The lowest BCUT2D eigenvalue weighted by molar-refractivity contribution is -0.0254. The van der Waals surface area contributed by atoms with E-state index in [0.717, 1.165) is 12.8 Å². The molecule has 0 aliphatic heterocycles. The van der Waals surface area contributed by atoms with Crippen LogP contribution in [-0.2, 0) is 14.6 Å². The van der Waals surface area contributed by atoms with Gasteiger partial charge in [0.15, 0.2) is 9.84 Å². The second-order valence-electron chi connectivity index (χ2n) is 8.31. The fourth-order valence-corrected chi connectivity index (χ4v) is 5.43. The molecule has 0 saturated heterocycles. The highest BCUT2D eigenvalue weighted by Gasteiger charge is 2.65. The van der Waals surface area contributed by atoms with Gasteiger partial charge in [-0.1, -0.05) is 20.8 Å². The zero-order valence-electron chi connectivity index (χ0n) is 13.9. The number of sulfone groups is 1. The summed E-state index contributed by atoms with van der Waals surface area (Å²) in [5.74, 6) is 0. The zero-order chi connectivity index (χ0) is 16.0. The molecule has 0 unspecified atom stereocenters. The maximum atomic E-state index is 13.0. The summed E-state index contributed by atoms with van der Waals surface area (Å²) in [5, 5.41) is 9.64. The molecule has 0 heterocycles. The molecule has 4 nitrogen and oxygen atoms in total. The normalized spacial score (nSPS) is 20.0. The minimum atomic E-state index is -3.31. The highest BCUT2D eigenvalue weighted by atomic mass is 32.2. The minimum Gasteiger partial charge on any atom is -0.388 e. The molecule has 20 heavy (non-hydrogen) atoms. The van der Waals surface area contributed by atoms with Crippen LogP contribution in [0, 0.1) is 5.41 Å². The molecule has 1 saturated carbocycles. The van der Waals surface area contributed by atoms with Crippen LogP contribution >= 0.6 is 0 Å². The maximum absolute atomic E-state index is 13.0. The van der Waals surface area contributed by atoms with Crippen molar-refractivity contribution in [2.24, 2.45) is 5.41 Å². The fraction of sp³-hybridized carbons (Fsp3) is 1.00. The fourth-order valence-electron chi connectivity index (χ4n) is 2.69. The number of rotatable bonds is 6. The number of hydrogen-bond donors (Lipinski definition) is 1. The van der Waals surface area contributed by atoms with Crippen LogP contribution in [0.4, 0.5) is 0 Å². The SMILES string of the molecule is CC(C)(O)COCC(C)(C)S(=O)(=O)C1(C(C)(C)C)CC1. The molecule has 0 amide bonds. The first-order valence-corrected chi connectivity index (χ1v) is 8.69. The molecule has 0 atom stereocenters. The summed E-state index contributed by atoms with van der Waals surface area (Å²) in [4.78, 5) is 0. The van der Waals surface area contributed by atoms with E-state index in [1.807, 2.05) is 20.8 Å². The van der Waals surface area contributed by atoms with Gasteiger partial charge in [0.25, 0.3) is 0 Å². The standard InChI is InChI=1S/C15H30O4S/c1-12(2,3)15(8-9-15)20(17,18)14(6,7)11-19-10-13(4,5)16/h16H,8-11H2,1-7H3. The average molecular weight is 306 g/mol. The third-order valence-electron chi connectivity index (χ3n) is 4.22. The third kappa shape index (κ3) is 3.20. The Morgan fingerprint density at radius 1 is 1.00 bits per heavy atom. The van der Waals surface area contributed by atoms with Crippen molar-refractivity contribution in [2.75, 3.05) is 13.2 Å². The van der Waals surface area contributed by atoms with Crippen LogP contribution in [-0.4, -0.2) is 41.8 Å². The molecule has 0 aromatic carbocycles. The topological polar surface area (TPSA) is 63.6 Å².